The molecule has 3 rings (SSSR count). The van der Waals surface area contributed by atoms with E-state index in [0.717, 1.165) is 31.0 Å². The van der Waals surface area contributed by atoms with Crippen molar-refractivity contribution < 1.29 is 19.0 Å². The van der Waals surface area contributed by atoms with Gasteiger partial charge >= 0.3 is 0 Å². The molecule has 1 amide bonds. The second-order valence-electron chi connectivity index (χ2n) is 8.37. The fourth-order valence-corrected chi connectivity index (χ4v) is 4.23. The first-order valence-electron chi connectivity index (χ1n) is 10.8. The van der Waals surface area contributed by atoms with Gasteiger partial charge in [-0.3, -0.25) is 9.69 Å². The highest BCUT2D eigenvalue weighted by Crippen LogP contribution is 2.40. The van der Waals surface area contributed by atoms with E-state index in [0.29, 0.717) is 5.75 Å². The summed E-state index contributed by atoms with van der Waals surface area (Å²) in [6.45, 7) is 7.59. The summed E-state index contributed by atoms with van der Waals surface area (Å²) in [4.78, 5) is 14.9. The quantitative estimate of drug-likeness (QED) is 0.692. The first-order chi connectivity index (χ1) is 14.9. The van der Waals surface area contributed by atoms with E-state index in [4.69, 9.17) is 14.2 Å². The van der Waals surface area contributed by atoms with E-state index in [1.165, 1.54) is 16.7 Å². The van der Waals surface area contributed by atoms with Crippen molar-refractivity contribution in [3.8, 4) is 17.2 Å². The summed E-state index contributed by atoms with van der Waals surface area (Å²) in [6.07, 6.45) is 0.910. The van der Waals surface area contributed by atoms with Crippen LogP contribution in [0.15, 0.2) is 36.4 Å². The number of carbonyl (C=O) groups is 1. The molecule has 0 saturated carbocycles. The summed E-state index contributed by atoms with van der Waals surface area (Å²) in [7, 11) is 4.99. The van der Waals surface area contributed by atoms with Crippen LogP contribution in [0.25, 0.3) is 0 Å². The van der Waals surface area contributed by atoms with Crippen LogP contribution in [0, 0.1) is 5.92 Å². The maximum Gasteiger partial charge on any atom is 0.222 e. The van der Waals surface area contributed by atoms with E-state index in [-0.39, 0.29) is 23.9 Å². The lowest BCUT2D eigenvalue weighted by Crippen LogP contribution is -2.48. The molecule has 0 aromatic heterocycles. The third-order valence-corrected chi connectivity index (χ3v) is 5.94. The second-order valence-corrected chi connectivity index (χ2v) is 8.37. The Hall–Kier alpha value is -2.73. The predicted octanol–water partition coefficient (Wildman–Crippen LogP) is 3.97. The van der Waals surface area contributed by atoms with Crippen molar-refractivity contribution in [3.05, 3.63) is 53.1 Å². The molecule has 168 valence electrons. The molecule has 2 aromatic carbocycles. The zero-order valence-electron chi connectivity index (χ0n) is 19.4. The van der Waals surface area contributed by atoms with E-state index in [2.05, 4.69) is 41.4 Å². The fraction of sp³-hybridized carbons (Fsp3) is 0.480. The highest BCUT2D eigenvalue weighted by molar-refractivity contribution is 5.78. The lowest BCUT2D eigenvalue weighted by molar-refractivity contribution is -0.125. The highest BCUT2D eigenvalue weighted by atomic mass is 16.5. The summed E-state index contributed by atoms with van der Waals surface area (Å²) in [5, 5.41) is 3.22. The third kappa shape index (κ3) is 5.13. The molecular formula is C25H34N2O4. The molecule has 0 saturated heterocycles. The number of nitrogens with one attached hydrogen (secondary N) is 1. The van der Waals surface area contributed by atoms with Crippen molar-refractivity contribution >= 4 is 5.91 Å². The molecule has 0 aliphatic carbocycles. The van der Waals surface area contributed by atoms with Gasteiger partial charge in [0.2, 0.25) is 5.91 Å². The van der Waals surface area contributed by atoms with Crippen LogP contribution in [0.3, 0.4) is 0 Å². The van der Waals surface area contributed by atoms with Crippen molar-refractivity contribution in [2.45, 2.75) is 45.8 Å². The molecule has 6 nitrogen and oxygen atoms in total. The Kier molecular flexibility index (Phi) is 7.44. The topological polar surface area (TPSA) is 60.0 Å². The molecular weight excluding hydrogens is 392 g/mol. The lowest BCUT2D eigenvalue weighted by atomic mass is 9.87. The minimum Gasteiger partial charge on any atom is -0.497 e. The predicted molar refractivity (Wildman–Crippen MR) is 122 cm³/mol. The Labute approximate surface area is 185 Å². The van der Waals surface area contributed by atoms with Crippen LogP contribution in [-0.4, -0.2) is 44.7 Å². The lowest BCUT2D eigenvalue weighted by Gasteiger charge is -2.41. The Balaban J connectivity index is 1.96. The molecule has 1 heterocycles. The SMILES string of the molecule is COc1ccc(CN2CCc3cc(OC)c(OC)cc3C2C(C)NC(=O)C(C)C)cc1. The largest absolute Gasteiger partial charge is 0.497 e. The molecule has 2 aromatic rings. The number of methoxy groups -OCH3 is 3. The van der Waals surface area contributed by atoms with Crippen LogP contribution >= 0.6 is 0 Å². The Morgan fingerprint density at radius 2 is 1.68 bits per heavy atom. The molecule has 1 aliphatic rings. The van der Waals surface area contributed by atoms with Crippen molar-refractivity contribution in [1.82, 2.24) is 10.2 Å². The zero-order valence-corrected chi connectivity index (χ0v) is 19.4. The molecule has 6 heteroatoms. The Bertz CT molecular complexity index is 895. The van der Waals surface area contributed by atoms with Gasteiger partial charge in [0.05, 0.1) is 27.4 Å². The number of fused-ring (bicyclic) bond motifs is 1. The summed E-state index contributed by atoms with van der Waals surface area (Å²) in [6, 6.07) is 12.3. The molecule has 0 radical (unpaired) electrons. The molecule has 2 atom stereocenters. The number of amides is 1. The number of hydrogen-bond donors (Lipinski definition) is 1. The van der Waals surface area contributed by atoms with Gasteiger partial charge in [0, 0.05) is 25.0 Å². The third-order valence-electron chi connectivity index (χ3n) is 5.94. The molecule has 31 heavy (non-hydrogen) atoms. The van der Waals surface area contributed by atoms with E-state index in [9.17, 15) is 4.79 Å². The normalized spacial score (nSPS) is 17.1. The molecule has 0 spiro atoms. The minimum atomic E-state index is -0.0645. The standard InChI is InChI=1S/C25H34N2O4/c1-16(2)25(28)26-17(3)24-21-14-23(31-6)22(30-5)13-19(21)11-12-27(24)15-18-7-9-20(29-4)10-8-18/h7-10,13-14,16-17,24H,11-12,15H2,1-6H3,(H,26,28). The fourth-order valence-electron chi connectivity index (χ4n) is 4.23. The van der Waals surface area contributed by atoms with Crippen molar-refractivity contribution in [2.24, 2.45) is 5.92 Å². The van der Waals surface area contributed by atoms with Crippen LogP contribution < -0.4 is 19.5 Å². The van der Waals surface area contributed by atoms with Gasteiger partial charge in [-0.25, -0.2) is 0 Å². The van der Waals surface area contributed by atoms with Crippen LogP contribution in [0.4, 0.5) is 0 Å². The Morgan fingerprint density at radius 1 is 1.03 bits per heavy atom. The number of carbonyl (C=O) groups excluding carboxylic acids is 1. The van der Waals surface area contributed by atoms with E-state index in [1.807, 2.05) is 26.0 Å². The summed E-state index contributed by atoms with van der Waals surface area (Å²) in [5.41, 5.74) is 3.62. The molecule has 2 unspecified atom stereocenters. The maximum absolute atomic E-state index is 12.5. The average Bonchev–Trinajstić information content (AvgIpc) is 2.78. The van der Waals surface area contributed by atoms with Crippen molar-refractivity contribution in [3.63, 3.8) is 0 Å². The number of hydrogen-bond acceptors (Lipinski definition) is 5. The number of benzene rings is 2. The van der Waals surface area contributed by atoms with Gasteiger partial charge in [0.1, 0.15) is 5.75 Å². The first-order valence-corrected chi connectivity index (χ1v) is 10.8. The molecule has 0 bridgehead atoms. The Morgan fingerprint density at radius 3 is 2.26 bits per heavy atom. The summed E-state index contributed by atoms with van der Waals surface area (Å²) in [5.74, 6) is 2.29. The van der Waals surface area contributed by atoms with Gasteiger partial charge in [0.15, 0.2) is 11.5 Å². The molecule has 1 aliphatic heterocycles. The van der Waals surface area contributed by atoms with Gasteiger partial charge in [-0.1, -0.05) is 26.0 Å². The van der Waals surface area contributed by atoms with E-state index in [1.54, 1.807) is 21.3 Å². The van der Waals surface area contributed by atoms with Crippen LogP contribution in [0.1, 0.15) is 43.5 Å². The van der Waals surface area contributed by atoms with Crippen LogP contribution in [0.5, 0.6) is 17.2 Å². The maximum atomic E-state index is 12.5. The van der Waals surface area contributed by atoms with Gasteiger partial charge in [-0.05, 0) is 54.3 Å². The van der Waals surface area contributed by atoms with Gasteiger partial charge < -0.3 is 19.5 Å². The smallest absolute Gasteiger partial charge is 0.222 e. The van der Waals surface area contributed by atoms with Crippen LogP contribution in [-0.2, 0) is 17.8 Å². The number of rotatable bonds is 8. The van der Waals surface area contributed by atoms with Gasteiger partial charge in [-0.15, -0.1) is 0 Å². The van der Waals surface area contributed by atoms with E-state index < -0.39 is 0 Å². The zero-order chi connectivity index (χ0) is 22.5. The van der Waals surface area contributed by atoms with Crippen LogP contribution in [0.2, 0.25) is 0 Å². The van der Waals surface area contributed by atoms with E-state index >= 15 is 0 Å². The van der Waals surface area contributed by atoms with Crippen molar-refractivity contribution in [1.29, 1.82) is 0 Å². The average molecular weight is 427 g/mol. The molecule has 1 N–H and O–H groups in total. The summed E-state index contributed by atoms with van der Waals surface area (Å²) >= 11 is 0. The monoisotopic (exact) mass is 426 g/mol. The molecule has 0 fully saturated rings. The van der Waals surface area contributed by atoms with Gasteiger partial charge in [-0.2, -0.15) is 0 Å². The van der Waals surface area contributed by atoms with Crippen molar-refractivity contribution in [2.75, 3.05) is 27.9 Å². The highest BCUT2D eigenvalue weighted by Gasteiger charge is 2.34. The second kappa shape index (κ2) is 10.1. The first kappa shape index (κ1) is 22.9. The summed E-state index contributed by atoms with van der Waals surface area (Å²) < 4.78 is 16.4. The van der Waals surface area contributed by atoms with Gasteiger partial charge in [0.25, 0.3) is 0 Å². The minimum absolute atomic E-state index is 0.0216. The number of nitrogens with zero attached hydrogens (tertiary/aromatic N) is 1. The number of ether oxygens (including phenoxy) is 3.